The summed E-state index contributed by atoms with van der Waals surface area (Å²) in [6, 6.07) is 8.04. The van der Waals surface area contributed by atoms with Crippen molar-refractivity contribution in [3.05, 3.63) is 56.4 Å². The number of amides is 1. The van der Waals surface area contributed by atoms with Crippen molar-refractivity contribution < 1.29 is 4.79 Å². The van der Waals surface area contributed by atoms with Crippen molar-refractivity contribution in [2.45, 2.75) is 39.2 Å². The van der Waals surface area contributed by atoms with E-state index in [0.29, 0.717) is 21.6 Å². The number of thiophene rings is 1. The normalized spacial score (nSPS) is 16.0. The molecular formula is C20H19N3O2S. The number of anilines is 1. The van der Waals surface area contributed by atoms with Gasteiger partial charge in [0.25, 0.3) is 11.5 Å². The predicted molar refractivity (Wildman–Crippen MR) is 103 cm³/mol. The van der Waals surface area contributed by atoms with Gasteiger partial charge in [-0.15, -0.1) is 11.3 Å². The van der Waals surface area contributed by atoms with E-state index in [9.17, 15) is 9.59 Å². The van der Waals surface area contributed by atoms with Gasteiger partial charge in [-0.1, -0.05) is 18.2 Å². The fourth-order valence-corrected chi connectivity index (χ4v) is 5.25. The van der Waals surface area contributed by atoms with Crippen LogP contribution in [0, 0.1) is 6.92 Å². The molecule has 0 saturated heterocycles. The first-order chi connectivity index (χ1) is 12.6. The number of benzene rings is 1. The van der Waals surface area contributed by atoms with Gasteiger partial charge in [-0.05, 0) is 43.4 Å². The number of nitrogens with zero attached hydrogens (tertiary/aromatic N) is 3. The second kappa shape index (κ2) is 5.77. The zero-order valence-electron chi connectivity index (χ0n) is 14.6. The average molecular weight is 365 g/mol. The van der Waals surface area contributed by atoms with Crippen LogP contribution in [-0.2, 0) is 19.4 Å². The van der Waals surface area contributed by atoms with Crippen molar-refractivity contribution in [2.24, 2.45) is 0 Å². The van der Waals surface area contributed by atoms with Crippen LogP contribution in [0.2, 0.25) is 0 Å². The topological polar surface area (TPSA) is 55.2 Å². The molecule has 0 atom stereocenters. The maximum atomic E-state index is 13.2. The second-order valence-electron chi connectivity index (χ2n) is 7.01. The zero-order chi connectivity index (χ0) is 17.8. The summed E-state index contributed by atoms with van der Waals surface area (Å²) < 4.78 is 1.80. The molecule has 0 aliphatic carbocycles. The standard InChI is InChI=1S/C20H19N3O2S/c1-12-16-18(21-15-8-4-5-10-23(15)19(16)24)26-17(12)20(25)22-11-9-13-6-2-3-7-14(13)22/h2-3,6-7H,4-5,8-11H2,1H3. The molecule has 4 heterocycles. The first kappa shape index (κ1) is 15.8. The van der Waals surface area contributed by atoms with Crippen LogP contribution in [0.4, 0.5) is 5.69 Å². The van der Waals surface area contributed by atoms with Crippen molar-refractivity contribution >= 4 is 33.1 Å². The third-order valence-electron chi connectivity index (χ3n) is 5.49. The Labute approximate surface area is 154 Å². The number of para-hydroxylation sites is 1. The number of carbonyl (C=O) groups is 1. The zero-order valence-corrected chi connectivity index (χ0v) is 15.4. The van der Waals surface area contributed by atoms with E-state index in [1.54, 1.807) is 4.57 Å². The highest BCUT2D eigenvalue weighted by atomic mass is 32.1. The minimum atomic E-state index is -0.0159. The molecule has 0 fully saturated rings. The molecule has 3 aromatic rings. The Morgan fingerprint density at radius 1 is 1.15 bits per heavy atom. The molecule has 2 aromatic heterocycles. The van der Waals surface area contributed by atoms with Crippen LogP contribution in [0.3, 0.4) is 0 Å². The number of hydrogen-bond acceptors (Lipinski definition) is 4. The molecule has 0 radical (unpaired) electrons. The van der Waals surface area contributed by atoms with Gasteiger partial charge in [0.1, 0.15) is 10.7 Å². The number of rotatable bonds is 1. The van der Waals surface area contributed by atoms with E-state index in [1.807, 2.05) is 30.0 Å². The van der Waals surface area contributed by atoms with Gasteiger partial charge < -0.3 is 4.90 Å². The first-order valence-corrected chi connectivity index (χ1v) is 9.89. The van der Waals surface area contributed by atoms with Crippen LogP contribution in [0.15, 0.2) is 29.1 Å². The van der Waals surface area contributed by atoms with Crippen molar-refractivity contribution in [3.63, 3.8) is 0 Å². The summed E-state index contributed by atoms with van der Waals surface area (Å²) in [5, 5.41) is 0.622. The molecule has 0 spiro atoms. The monoisotopic (exact) mass is 365 g/mol. The summed E-state index contributed by atoms with van der Waals surface area (Å²) in [6.45, 7) is 3.30. The summed E-state index contributed by atoms with van der Waals surface area (Å²) in [7, 11) is 0. The van der Waals surface area contributed by atoms with Crippen LogP contribution in [-0.4, -0.2) is 22.0 Å². The average Bonchev–Trinajstić information content (AvgIpc) is 3.23. The van der Waals surface area contributed by atoms with Crippen LogP contribution < -0.4 is 10.5 Å². The Morgan fingerprint density at radius 3 is 2.88 bits per heavy atom. The lowest BCUT2D eigenvalue weighted by molar-refractivity contribution is 0.0993. The number of hydrogen-bond donors (Lipinski definition) is 0. The fourth-order valence-electron chi connectivity index (χ4n) is 4.11. The Kier molecular flexibility index (Phi) is 3.50. The van der Waals surface area contributed by atoms with Gasteiger partial charge in [-0.2, -0.15) is 0 Å². The number of aryl methyl sites for hydroxylation is 2. The highest BCUT2D eigenvalue weighted by Crippen LogP contribution is 2.34. The Morgan fingerprint density at radius 2 is 2.00 bits per heavy atom. The number of fused-ring (bicyclic) bond motifs is 3. The van der Waals surface area contributed by atoms with Gasteiger partial charge in [0, 0.05) is 25.2 Å². The molecule has 5 nitrogen and oxygen atoms in total. The molecule has 5 rings (SSSR count). The minimum Gasteiger partial charge on any atom is -0.307 e. The van der Waals surface area contributed by atoms with Crippen LogP contribution >= 0.6 is 11.3 Å². The van der Waals surface area contributed by atoms with Gasteiger partial charge >= 0.3 is 0 Å². The number of aromatic nitrogens is 2. The lowest BCUT2D eigenvalue weighted by Gasteiger charge is -2.17. The quantitative estimate of drug-likeness (QED) is 0.665. The van der Waals surface area contributed by atoms with Crippen LogP contribution in [0.5, 0.6) is 0 Å². The second-order valence-corrected chi connectivity index (χ2v) is 8.01. The van der Waals surface area contributed by atoms with Gasteiger partial charge in [0.2, 0.25) is 0 Å². The largest absolute Gasteiger partial charge is 0.307 e. The highest BCUT2D eigenvalue weighted by molar-refractivity contribution is 7.20. The maximum absolute atomic E-state index is 13.2. The molecule has 1 amide bonds. The molecule has 1 aromatic carbocycles. The Bertz CT molecular complexity index is 1110. The molecule has 0 unspecified atom stereocenters. The molecular weight excluding hydrogens is 346 g/mol. The first-order valence-electron chi connectivity index (χ1n) is 9.08. The van der Waals surface area contributed by atoms with E-state index < -0.39 is 0 Å². The highest BCUT2D eigenvalue weighted by Gasteiger charge is 2.29. The molecule has 0 bridgehead atoms. The fraction of sp³-hybridized carbons (Fsp3) is 0.350. The van der Waals surface area contributed by atoms with Gasteiger partial charge in [0.15, 0.2) is 0 Å². The molecule has 132 valence electrons. The van der Waals surface area contributed by atoms with Crippen LogP contribution in [0.1, 0.15) is 39.5 Å². The summed E-state index contributed by atoms with van der Waals surface area (Å²) in [4.78, 5) is 34.1. The van der Waals surface area contributed by atoms with E-state index in [4.69, 9.17) is 4.98 Å². The summed E-state index contributed by atoms with van der Waals surface area (Å²) in [5.74, 6) is 0.846. The molecule has 2 aliphatic rings. The van der Waals surface area contributed by atoms with E-state index in [1.165, 1.54) is 16.9 Å². The van der Waals surface area contributed by atoms with E-state index in [0.717, 1.165) is 49.3 Å². The van der Waals surface area contributed by atoms with Gasteiger partial charge in [-0.25, -0.2) is 4.98 Å². The van der Waals surface area contributed by atoms with E-state index in [2.05, 4.69) is 6.07 Å². The summed E-state index contributed by atoms with van der Waals surface area (Å²) >= 11 is 1.36. The molecule has 2 aliphatic heterocycles. The van der Waals surface area contributed by atoms with Crippen molar-refractivity contribution in [3.8, 4) is 0 Å². The van der Waals surface area contributed by atoms with Crippen molar-refractivity contribution in [1.82, 2.24) is 9.55 Å². The van der Waals surface area contributed by atoms with Crippen molar-refractivity contribution in [1.29, 1.82) is 0 Å². The third-order valence-corrected chi connectivity index (χ3v) is 6.66. The molecule has 0 N–H and O–H groups in total. The van der Waals surface area contributed by atoms with Crippen molar-refractivity contribution in [2.75, 3.05) is 11.4 Å². The smallest absolute Gasteiger partial charge is 0.268 e. The molecule has 6 heteroatoms. The maximum Gasteiger partial charge on any atom is 0.268 e. The Hall–Kier alpha value is -2.47. The van der Waals surface area contributed by atoms with E-state index in [-0.39, 0.29) is 11.5 Å². The van der Waals surface area contributed by atoms with E-state index >= 15 is 0 Å². The SMILES string of the molecule is Cc1c(C(=O)N2CCc3ccccc32)sc2nc3n(c(=O)c12)CCCC3. The summed E-state index contributed by atoms with van der Waals surface area (Å²) in [6.07, 6.45) is 3.80. The molecule has 0 saturated carbocycles. The number of carbonyl (C=O) groups excluding carboxylic acids is 1. The Balaban J connectivity index is 1.64. The van der Waals surface area contributed by atoms with Crippen LogP contribution in [0.25, 0.3) is 10.2 Å². The summed E-state index contributed by atoms with van der Waals surface area (Å²) in [5.41, 5.74) is 2.98. The molecule has 26 heavy (non-hydrogen) atoms. The lowest BCUT2D eigenvalue weighted by atomic mass is 10.1. The van der Waals surface area contributed by atoms with Gasteiger partial charge in [-0.3, -0.25) is 14.2 Å². The van der Waals surface area contributed by atoms with Gasteiger partial charge in [0.05, 0.1) is 10.3 Å². The predicted octanol–water partition coefficient (Wildman–Crippen LogP) is 3.31. The lowest BCUT2D eigenvalue weighted by Crippen LogP contribution is -2.29. The minimum absolute atomic E-state index is 0.0133. The third kappa shape index (κ3) is 2.18.